The van der Waals surface area contributed by atoms with E-state index >= 15 is 0 Å². The molecule has 2 amide bonds. The van der Waals surface area contributed by atoms with Crippen molar-refractivity contribution in [2.45, 2.75) is 6.04 Å². The fraction of sp³-hybridized carbons (Fsp3) is 0.176. The van der Waals surface area contributed by atoms with Gasteiger partial charge in [0.25, 0.3) is 11.8 Å². The molecule has 1 aliphatic heterocycles. The third-order valence-electron chi connectivity index (χ3n) is 3.79. The summed E-state index contributed by atoms with van der Waals surface area (Å²) in [6, 6.07) is 11.2. The van der Waals surface area contributed by atoms with Crippen molar-refractivity contribution in [1.82, 2.24) is 4.90 Å². The molecule has 0 saturated heterocycles. The van der Waals surface area contributed by atoms with Crippen LogP contribution >= 0.6 is 23.2 Å². The van der Waals surface area contributed by atoms with Gasteiger partial charge in [0.1, 0.15) is 0 Å². The SMILES string of the molecule is COC[C@H](c1ccc(Cl)c(Cl)c1)N1C(=O)c2ccccc2C1=O. The summed E-state index contributed by atoms with van der Waals surface area (Å²) < 4.78 is 5.21. The Morgan fingerprint density at radius 1 is 1.00 bits per heavy atom. The first-order valence-corrected chi connectivity index (χ1v) is 7.71. The molecule has 3 rings (SSSR count). The summed E-state index contributed by atoms with van der Waals surface area (Å²) in [5, 5.41) is 0.774. The second-order valence-electron chi connectivity index (χ2n) is 5.17. The Hall–Kier alpha value is -1.88. The summed E-state index contributed by atoms with van der Waals surface area (Å²) in [7, 11) is 1.52. The van der Waals surface area contributed by atoms with Crippen molar-refractivity contribution in [3.8, 4) is 0 Å². The van der Waals surface area contributed by atoms with Crippen molar-refractivity contribution < 1.29 is 14.3 Å². The number of carbonyl (C=O) groups is 2. The molecule has 0 aliphatic carbocycles. The Kier molecular flexibility index (Phi) is 4.39. The maximum absolute atomic E-state index is 12.6. The number of carbonyl (C=O) groups excluding carboxylic acids is 2. The highest BCUT2D eigenvalue weighted by atomic mass is 35.5. The van der Waals surface area contributed by atoms with Crippen LogP contribution in [0.25, 0.3) is 0 Å². The molecule has 0 aromatic heterocycles. The smallest absolute Gasteiger partial charge is 0.262 e. The van der Waals surface area contributed by atoms with Gasteiger partial charge in [0, 0.05) is 7.11 Å². The van der Waals surface area contributed by atoms with Crippen LogP contribution in [0.2, 0.25) is 10.0 Å². The summed E-state index contributed by atoms with van der Waals surface area (Å²) in [4.78, 5) is 26.5. The molecule has 0 unspecified atom stereocenters. The van der Waals surface area contributed by atoms with Gasteiger partial charge in [-0.05, 0) is 29.8 Å². The lowest BCUT2D eigenvalue weighted by Crippen LogP contribution is -2.36. The number of rotatable bonds is 4. The van der Waals surface area contributed by atoms with Crippen LogP contribution in [0.4, 0.5) is 0 Å². The number of hydrogen-bond acceptors (Lipinski definition) is 3. The molecule has 4 nitrogen and oxygen atoms in total. The van der Waals surface area contributed by atoms with Gasteiger partial charge in [-0.1, -0.05) is 41.4 Å². The molecule has 2 aromatic rings. The zero-order chi connectivity index (χ0) is 16.6. The van der Waals surface area contributed by atoms with Crippen LogP contribution in [-0.2, 0) is 4.74 Å². The monoisotopic (exact) mass is 349 g/mol. The average molecular weight is 350 g/mol. The van der Waals surface area contributed by atoms with Crippen molar-refractivity contribution in [3.05, 3.63) is 69.2 Å². The molecule has 0 N–H and O–H groups in total. The van der Waals surface area contributed by atoms with Crippen LogP contribution in [0.5, 0.6) is 0 Å². The van der Waals surface area contributed by atoms with Crippen molar-refractivity contribution in [2.24, 2.45) is 0 Å². The normalized spacial score (nSPS) is 15.0. The molecule has 1 heterocycles. The van der Waals surface area contributed by atoms with Gasteiger partial charge in [-0.25, -0.2) is 0 Å². The lowest BCUT2D eigenvalue weighted by molar-refractivity contribution is 0.0469. The zero-order valence-corrected chi connectivity index (χ0v) is 13.8. The molecular formula is C17H13Cl2NO3. The Labute approximate surface area is 143 Å². The predicted octanol–water partition coefficient (Wildman–Crippen LogP) is 3.98. The number of imide groups is 1. The van der Waals surface area contributed by atoms with Gasteiger partial charge in [0.15, 0.2) is 0 Å². The zero-order valence-electron chi connectivity index (χ0n) is 12.3. The summed E-state index contributed by atoms with van der Waals surface area (Å²) in [5.74, 6) is -0.669. The number of amides is 2. The summed E-state index contributed by atoms with van der Waals surface area (Å²) in [6.07, 6.45) is 0. The first kappa shape index (κ1) is 16.0. The standard InChI is InChI=1S/C17H13Cl2NO3/c1-23-9-15(10-6-7-13(18)14(19)8-10)20-16(21)11-4-2-3-5-12(11)17(20)22/h2-8,15H,9H2,1H3/t15-/m1/s1. The van der Waals surface area contributed by atoms with Gasteiger partial charge in [-0.15, -0.1) is 0 Å². The van der Waals surface area contributed by atoms with Crippen LogP contribution in [0.1, 0.15) is 32.3 Å². The third-order valence-corrected chi connectivity index (χ3v) is 4.53. The van der Waals surface area contributed by atoms with Crippen LogP contribution in [0, 0.1) is 0 Å². The van der Waals surface area contributed by atoms with Gasteiger partial charge >= 0.3 is 0 Å². The third kappa shape index (κ3) is 2.74. The Bertz CT molecular complexity index is 756. The highest BCUT2D eigenvalue weighted by molar-refractivity contribution is 6.42. The Morgan fingerprint density at radius 2 is 1.61 bits per heavy atom. The molecule has 6 heteroatoms. The number of methoxy groups -OCH3 is 1. The molecule has 0 spiro atoms. The van der Waals surface area contributed by atoms with Gasteiger partial charge in [0.2, 0.25) is 0 Å². The molecule has 1 atom stereocenters. The molecule has 118 valence electrons. The van der Waals surface area contributed by atoms with Crippen molar-refractivity contribution in [1.29, 1.82) is 0 Å². The topological polar surface area (TPSA) is 46.6 Å². The number of halogens is 2. The minimum atomic E-state index is -0.567. The lowest BCUT2D eigenvalue weighted by atomic mass is 10.1. The van der Waals surface area contributed by atoms with Gasteiger partial charge in [-0.3, -0.25) is 14.5 Å². The fourth-order valence-electron chi connectivity index (χ4n) is 2.69. The minimum absolute atomic E-state index is 0.170. The Morgan fingerprint density at radius 3 is 2.13 bits per heavy atom. The summed E-state index contributed by atoms with van der Waals surface area (Å²) in [6.45, 7) is 0.170. The van der Waals surface area contributed by atoms with Gasteiger partial charge in [0.05, 0.1) is 33.8 Å². The van der Waals surface area contributed by atoms with Crippen LogP contribution in [-0.4, -0.2) is 30.4 Å². The number of ether oxygens (including phenoxy) is 1. The van der Waals surface area contributed by atoms with Crippen LogP contribution in [0.3, 0.4) is 0 Å². The highest BCUT2D eigenvalue weighted by Gasteiger charge is 2.40. The average Bonchev–Trinajstić information content (AvgIpc) is 2.80. The van der Waals surface area contributed by atoms with E-state index in [9.17, 15) is 9.59 Å². The predicted molar refractivity (Wildman–Crippen MR) is 88.0 cm³/mol. The lowest BCUT2D eigenvalue weighted by Gasteiger charge is -2.26. The second-order valence-corrected chi connectivity index (χ2v) is 5.98. The quantitative estimate of drug-likeness (QED) is 0.784. The van der Waals surface area contributed by atoms with E-state index in [-0.39, 0.29) is 18.4 Å². The van der Waals surface area contributed by atoms with E-state index in [1.165, 1.54) is 12.0 Å². The van der Waals surface area contributed by atoms with E-state index in [1.54, 1.807) is 42.5 Å². The Balaban J connectivity index is 2.04. The van der Waals surface area contributed by atoms with E-state index in [0.29, 0.717) is 26.7 Å². The largest absolute Gasteiger partial charge is 0.382 e. The van der Waals surface area contributed by atoms with Crippen molar-refractivity contribution >= 4 is 35.0 Å². The van der Waals surface area contributed by atoms with E-state index < -0.39 is 6.04 Å². The van der Waals surface area contributed by atoms with Crippen molar-refractivity contribution in [2.75, 3.05) is 13.7 Å². The maximum atomic E-state index is 12.6. The van der Waals surface area contributed by atoms with E-state index in [4.69, 9.17) is 27.9 Å². The van der Waals surface area contributed by atoms with E-state index in [0.717, 1.165) is 0 Å². The summed E-state index contributed by atoms with van der Waals surface area (Å²) in [5.41, 5.74) is 1.49. The molecule has 0 radical (unpaired) electrons. The van der Waals surface area contributed by atoms with Gasteiger partial charge < -0.3 is 4.74 Å². The van der Waals surface area contributed by atoms with Gasteiger partial charge in [-0.2, -0.15) is 0 Å². The molecule has 1 aliphatic rings. The molecule has 0 saturated carbocycles. The first-order chi connectivity index (χ1) is 11.0. The van der Waals surface area contributed by atoms with Crippen molar-refractivity contribution in [3.63, 3.8) is 0 Å². The summed E-state index contributed by atoms with van der Waals surface area (Å²) >= 11 is 12.0. The van der Waals surface area contributed by atoms with Crippen LogP contribution in [0.15, 0.2) is 42.5 Å². The molecule has 0 bridgehead atoms. The molecule has 2 aromatic carbocycles. The fourth-order valence-corrected chi connectivity index (χ4v) is 2.99. The number of nitrogens with zero attached hydrogens (tertiary/aromatic N) is 1. The molecule has 0 fully saturated rings. The second kappa shape index (κ2) is 6.32. The maximum Gasteiger partial charge on any atom is 0.262 e. The minimum Gasteiger partial charge on any atom is -0.382 e. The highest BCUT2D eigenvalue weighted by Crippen LogP contribution is 2.34. The van der Waals surface area contributed by atoms with E-state index in [1.807, 2.05) is 0 Å². The first-order valence-electron chi connectivity index (χ1n) is 6.95. The van der Waals surface area contributed by atoms with E-state index in [2.05, 4.69) is 0 Å². The molecular weight excluding hydrogens is 337 g/mol. The number of fused-ring (bicyclic) bond motifs is 1. The van der Waals surface area contributed by atoms with Crippen LogP contribution < -0.4 is 0 Å². The number of hydrogen-bond donors (Lipinski definition) is 0. The number of benzene rings is 2. The molecule has 23 heavy (non-hydrogen) atoms.